The van der Waals surface area contributed by atoms with Gasteiger partial charge in [0.05, 0.1) is 27.8 Å². The molecule has 1 saturated heterocycles. The summed E-state index contributed by atoms with van der Waals surface area (Å²) >= 11 is 0. The zero-order valence-corrected chi connectivity index (χ0v) is 20.5. The van der Waals surface area contributed by atoms with Gasteiger partial charge in [0.2, 0.25) is 11.7 Å². The molecule has 0 saturated carbocycles. The summed E-state index contributed by atoms with van der Waals surface area (Å²) < 4.78 is 16.4. The number of rotatable bonds is 9. The van der Waals surface area contributed by atoms with E-state index < -0.39 is 0 Å². The molecule has 1 aliphatic rings. The number of carbonyl (C=O) groups is 2. The number of hydrogen-bond donors (Lipinski definition) is 0. The molecule has 1 amide bonds. The van der Waals surface area contributed by atoms with Gasteiger partial charge in [0.1, 0.15) is 0 Å². The van der Waals surface area contributed by atoms with E-state index in [1.807, 2.05) is 23.1 Å². The molecular weight excluding hydrogens is 442 g/mol. The van der Waals surface area contributed by atoms with Crippen LogP contribution in [0.1, 0.15) is 18.4 Å². The maximum absolute atomic E-state index is 12.9. The number of hydrogen-bond acceptors (Lipinski definition) is 5. The summed E-state index contributed by atoms with van der Waals surface area (Å²) in [5.74, 6) is 2.15. The molecule has 1 aliphatic heterocycles. The van der Waals surface area contributed by atoms with E-state index in [2.05, 4.69) is 36.9 Å². The topological polar surface area (TPSA) is 65.1 Å². The zero-order chi connectivity index (χ0) is 24.9. The van der Waals surface area contributed by atoms with E-state index in [0.717, 1.165) is 33.9 Å². The first-order valence-corrected chi connectivity index (χ1v) is 11.7. The van der Waals surface area contributed by atoms with Crippen molar-refractivity contribution in [3.63, 3.8) is 0 Å². The van der Waals surface area contributed by atoms with Crippen molar-refractivity contribution in [2.45, 2.75) is 19.3 Å². The highest BCUT2D eigenvalue weighted by Gasteiger charge is 2.27. The molecule has 3 aromatic carbocycles. The van der Waals surface area contributed by atoms with E-state index in [0.29, 0.717) is 43.2 Å². The van der Waals surface area contributed by atoms with Gasteiger partial charge >= 0.3 is 0 Å². The van der Waals surface area contributed by atoms with Crippen molar-refractivity contribution in [1.82, 2.24) is 4.90 Å². The SMILES string of the molecule is C=CC(=O)CC1CCN(C(=O)Cc2ccc3cc(-c4cc(OC)c(OC)c(OC)c4)ccc3c2)C1. The number of ether oxygens (including phenoxy) is 3. The normalized spacial score (nSPS) is 15.2. The van der Waals surface area contributed by atoms with Crippen LogP contribution in [0.25, 0.3) is 21.9 Å². The molecule has 0 spiro atoms. The fraction of sp³-hybridized carbons (Fsp3) is 0.310. The van der Waals surface area contributed by atoms with Crippen LogP contribution < -0.4 is 14.2 Å². The molecule has 35 heavy (non-hydrogen) atoms. The Kier molecular flexibility index (Phi) is 7.39. The Morgan fingerprint density at radius 3 is 2.29 bits per heavy atom. The second-order valence-electron chi connectivity index (χ2n) is 8.86. The molecular formula is C29H31NO5. The molecule has 6 nitrogen and oxygen atoms in total. The van der Waals surface area contributed by atoms with Crippen molar-refractivity contribution in [3.05, 3.63) is 66.7 Å². The molecule has 0 aliphatic carbocycles. The number of likely N-dealkylation sites (tertiary alicyclic amines) is 1. The highest BCUT2D eigenvalue weighted by atomic mass is 16.5. The molecule has 3 aromatic rings. The number of fused-ring (bicyclic) bond motifs is 1. The van der Waals surface area contributed by atoms with Gasteiger partial charge in [-0.2, -0.15) is 0 Å². The van der Waals surface area contributed by atoms with Crippen LogP contribution in [0.5, 0.6) is 17.2 Å². The Labute approximate surface area is 206 Å². The number of amides is 1. The predicted molar refractivity (Wildman–Crippen MR) is 137 cm³/mol. The summed E-state index contributed by atoms with van der Waals surface area (Å²) in [4.78, 5) is 26.4. The minimum absolute atomic E-state index is 0.0460. The number of ketones is 1. The minimum atomic E-state index is 0.0460. The molecule has 0 bridgehead atoms. The second-order valence-corrected chi connectivity index (χ2v) is 8.86. The Morgan fingerprint density at radius 1 is 0.943 bits per heavy atom. The van der Waals surface area contributed by atoms with Crippen molar-refractivity contribution < 1.29 is 23.8 Å². The van der Waals surface area contributed by atoms with Crippen LogP contribution in [0.3, 0.4) is 0 Å². The maximum Gasteiger partial charge on any atom is 0.226 e. The first-order valence-electron chi connectivity index (χ1n) is 11.7. The zero-order valence-electron chi connectivity index (χ0n) is 20.5. The lowest BCUT2D eigenvalue weighted by Crippen LogP contribution is -2.30. The Hall–Kier alpha value is -3.80. The minimum Gasteiger partial charge on any atom is -0.493 e. The summed E-state index contributed by atoms with van der Waals surface area (Å²) in [7, 11) is 4.80. The van der Waals surface area contributed by atoms with Gasteiger partial charge in [-0.1, -0.05) is 36.9 Å². The molecule has 182 valence electrons. The van der Waals surface area contributed by atoms with E-state index in [9.17, 15) is 9.59 Å². The van der Waals surface area contributed by atoms with Gasteiger partial charge in [-0.3, -0.25) is 9.59 Å². The molecule has 6 heteroatoms. The second kappa shape index (κ2) is 10.6. The van der Waals surface area contributed by atoms with E-state index in [1.54, 1.807) is 21.3 Å². The largest absolute Gasteiger partial charge is 0.493 e. The van der Waals surface area contributed by atoms with Gasteiger partial charge in [-0.05, 0) is 64.1 Å². The molecule has 0 radical (unpaired) electrons. The Balaban J connectivity index is 1.51. The van der Waals surface area contributed by atoms with Crippen molar-refractivity contribution in [2.24, 2.45) is 5.92 Å². The van der Waals surface area contributed by atoms with Crippen LogP contribution >= 0.6 is 0 Å². The van der Waals surface area contributed by atoms with Crippen LogP contribution in [0.4, 0.5) is 0 Å². The fourth-order valence-corrected chi connectivity index (χ4v) is 4.71. The lowest BCUT2D eigenvalue weighted by molar-refractivity contribution is -0.129. The summed E-state index contributed by atoms with van der Waals surface area (Å²) in [5, 5.41) is 2.15. The molecule has 0 aromatic heterocycles. The van der Waals surface area contributed by atoms with Gasteiger partial charge in [-0.25, -0.2) is 0 Å². The summed E-state index contributed by atoms with van der Waals surface area (Å²) in [5.41, 5.74) is 2.96. The average Bonchev–Trinajstić information content (AvgIpc) is 3.35. The molecule has 4 rings (SSSR count). The van der Waals surface area contributed by atoms with Crippen molar-refractivity contribution in [2.75, 3.05) is 34.4 Å². The van der Waals surface area contributed by atoms with Crippen molar-refractivity contribution in [1.29, 1.82) is 0 Å². The fourth-order valence-electron chi connectivity index (χ4n) is 4.71. The monoisotopic (exact) mass is 473 g/mol. The third-order valence-electron chi connectivity index (χ3n) is 6.61. The van der Waals surface area contributed by atoms with Gasteiger partial charge in [0.15, 0.2) is 17.3 Å². The number of benzene rings is 3. The highest BCUT2D eigenvalue weighted by Crippen LogP contribution is 2.41. The van der Waals surface area contributed by atoms with Crippen molar-refractivity contribution >= 4 is 22.5 Å². The quantitative estimate of drug-likeness (QED) is 0.406. The van der Waals surface area contributed by atoms with Crippen LogP contribution in [0.2, 0.25) is 0 Å². The third kappa shape index (κ3) is 5.32. The number of methoxy groups -OCH3 is 3. The Morgan fingerprint density at radius 2 is 1.63 bits per heavy atom. The lowest BCUT2D eigenvalue weighted by atomic mass is 9.98. The van der Waals surface area contributed by atoms with Crippen LogP contribution in [0.15, 0.2) is 61.2 Å². The highest BCUT2D eigenvalue weighted by molar-refractivity contribution is 5.90. The molecule has 0 N–H and O–H groups in total. The number of nitrogens with zero attached hydrogens (tertiary/aromatic N) is 1. The summed E-state index contributed by atoms with van der Waals surface area (Å²) in [6, 6.07) is 16.2. The van der Waals surface area contributed by atoms with Crippen molar-refractivity contribution in [3.8, 4) is 28.4 Å². The number of allylic oxidation sites excluding steroid dienone is 1. The molecule has 1 atom stereocenters. The first-order chi connectivity index (χ1) is 16.9. The maximum atomic E-state index is 12.9. The molecule has 1 heterocycles. The summed E-state index contributed by atoms with van der Waals surface area (Å²) in [6.45, 7) is 4.89. The van der Waals surface area contributed by atoms with Crippen LogP contribution in [0, 0.1) is 5.92 Å². The third-order valence-corrected chi connectivity index (χ3v) is 6.61. The van der Waals surface area contributed by atoms with Gasteiger partial charge in [0.25, 0.3) is 0 Å². The lowest BCUT2D eigenvalue weighted by Gasteiger charge is -2.17. The predicted octanol–water partition coefficient (Wildman–Crippen LogP) is 5.07. The van der Waals surface area contributed by atoms with E-state index in [4.69, 9.17) is 14.2 Å². The van der Waals surface area contributed by atoms with Gasteiger partial charge < -0.3 is 19.1 Å². The standard InChI is InChI=1S/C29H31NO5/c1-5-25(31)13-20-10-11-30(18-20)28(32)14-19-6-7-22-15-23(9-8-21(22)12-19)24-16-26(33-2)29(35-4)27(17-24)34-3/h5-9,12,15-17,20H,1,10-11,13-14,18H2,2-4H3. The van der Waals surface area contributed by atoms with Crippen LogP contribution in [-0.4, -0.2) is 51.0 Å². The first kappa shape index (κ1) is 24.3. The summed E-state index contributed by atoms with van der Waals surface area (Å²) in [6.07, 6.45) is 3.06. The molecule has 1 fully saturated rings. The Bertz CT molecular complexity index is 1240. The number of carbonyl (C=O) groups excluding carboxylic acids is 2. The van der Waals surface area contributed by atoms with Gasteiger partial charge in [-0.15, -0.1) is 0 Å². The van der Waals surface area contributed by atoms with Gasteiger partial charge in [0, 0.05) is 19.5 Å². The van der Waals surface area contributed by atoms with E-state index in [-0.39, 0.29) is 17.6 Å². The van der Waals surface area contributed by atoms with E-state index >= 15 is 0 Å². The van der Waals surface area contributed by atoms with Crippen LogP contribution in [-0.2, 0) is 16.0 Å². The average molecular weight is 474 g/mol. The smallest absolute Gasteiger partial charge is 0.226 e. The molecule has 1 unspecified atom stereocenters. The van der Waals surface area contributed by atoms with E-state index in [1.165, 1.54) is 6.08 Å².